The lowest BCUT2D eigenvalue weighted by molar-refractivity contribution is -0.136. The fourth-order valence-electron chi connectivity index (χ4n) is 4.52. The molecule has 0 bridgehead atoms. The predicted octanol–water partition coefficient (Wildman–Crippen LogP) is 9.13. The first kappa shape index (κ1) is 28.4. The Morgan fingerprint density at radius 3 is 1.54 bits per heavy atom. The molecule has 0 radical (unpaired) electrons. The maximum Gasteiger partial charge on any atom is 0.307 e. The number of aliphatic imine (C=N–C) groups is 1. The summed E-state index contributed by atoms with van der Waals surface area (Å²) in [5.41, 5.74) is 9.16. The van der Waals surface area contributed by atoms with E-state index in [9.17, 15) is 9.90 Å². The number of allylic oxidation sites excluding steroid dienone is 1. The van der Waals surface area contributed by atoms with Crippen molar-refractivity contribution >= 4 is 23.1 Å². The number of hydrogen-bond acceptors (Lipinski definition) is 3. The Morgan fingerprint density at radius 1 is 0.771 bits per heavy atom. The number of rotatable bonds is 10. The lowest BCUT2D eigenvalue weighted by atomic mass is 9.92. The second-order valence-electron chi connectivity index (χ2n) is 10.7. The van der Waals surface area contributed by atoms with Crippen molar-refractivity contribution < 1.29 is 9.90 Å². The van der Waals surface area contributed by atoms with Gasteiger partial charge in [-0.3, -0.25) is 9.79 Å². The molecular formula is C31H44N2O2. The lowest BCUT2D eigenvalue weighted by Crippen LogP contribution is -2.13. The normalized spacial score (nSPS) is 13.1. The highest BCUT2D eigenvalue weighted by atomic mass is 16.4. The van der Waals surface area contributed by atoms with Crippen LogP contribution in [0.3, 0.4) is 0 Å². The number of hydrogen-bond donors (Lipinski definition) is 2. The molecule has 0 unspecified atom stereocenters. The first-order chi connectivity index (χ1) is 16.3. The van der Waals surface area contributed by atoms with Crippen molar-refractivity contribution in [1.29, 1.82) is 0 Å². The first-order valence-electron chi connectivity index (χ1n) is 12.8. The number of nitrogens with zero attached hydrogens (tertiary/aromatic N) is 1. The topological polar surface area (TPSA) is 61.7 Å². The summed E-state index contributed by atoms with van der Waals surface area (Å²) in [7, 11) is 0. The molecule has 2 N–H and O–H groups in total. The standard InChI is InChI=1S/C31H44N2O2/c1-18(2)24-13-11-14-25(19(3)4)30(24)32-22(9)28(17-29(34)35)23(10)33-31-26(20(5)6)15-12-16-27(31)21(7)8/h11-16,18-21,32H,17H2,1-10H3,(H,34,35)/b28-22-,33-23+. The van der Waals surface area contributed by atoms with E-state index >= 15 is 0 Å². The number of aliphatic carboxylic acids is 1. The summed E-state index contributed by atoms with van der Waals surface area (Å²) in [6.07, 6.45) is -0.0874. The molecule has 0 aliphatic carbocycles. The smallest absolute Gasteiger partial charge is 0.307 e. The number of carboxylic acid groups (broad SMARTS) is 1. The van der Waals surface area contributed by atoms with Crippen LogP contribution < -0.4 is 5.32 Å². The molecule has 2 aromatic carbocycles. The molecule has 4 heteroatoms. The van der Waals surface area contributed by atoms with E-state index in [2.05, 4.69) is 97.1 Å². The van der Waals surface area contributed by atoms with E-state index in [1.54, 1.807) is 0 Å². The Morgan fingerprint density at radius 2 is 1.17 bits per heavy atom. The second kappa shape index (κ2) is 12.2. The summed E-state index contributed by atoms with van der Waals surface area (Å²) >= 11 is 0. The monoisotopic (exact) mass is 476 g/mol. The summed E-state index contributed by atoms with van der Waals surface area (Å²) in [4.78, 5) is 17.0. The molecule has 0 aliphatic heterocycles. The number of carboxylic acids is 1. The van der Waals surface area contributed by atoms with Crippen LogP contribution in [0, 0.1) is 0 Å². The number of nitrogens with one attached hydrogen (secondary N) is 1. The zero-order valence-electron chi connectivity index (χ0n) is 23.3. The van der Waals surface area contributed by atoms with E-state index in [0.29, 0.717) is 23.7 Å². The van der Waals surface area contributed by atoms with Gasteiger partial charge < -0.3 is 10.4 Å². The molecule has 0 saturated carbocycles. The minimum Gasteiger partial charge on any atom is -0.481 e. The minimum atomic E-state index is -0.863. The maximum absolute atomic E-state index is 11.9. The SMILES string of the molecule is C/C(Nc1c(C(C)C)cccc1C(C)C)=C(CC(=O)O)/C(C)=N/c1c(C(C)C)cccc1C(C)C. The summed E-state index contributed by atoms with van der Waals surface area (Å²) in [6, 6.07) is 12.8. The summed E-state index contributed by atoms with van der Waals surface area (Å²) in [5.74, 6) is 0.454. The van der Waals surface area contributed by atoms with E-state index in [4.69, 9.17) is 4.99 Å². The van der Waals surface area contributed by atoms with Crippen LogP contribution in [-0.2, 0) is 4.79 Å². The van der Waals surface area contributed by atoms with Crippen LogP contribution in [-0.4, -0.2) is 16.8 Å². The van der Waals surface area contributed by atoms with Crippen LogP contribution in [0.2, 0.25) is 0 Å². The summed E-state index contributed by atoms with van der Waals surface area (Å²) in [6.45, 7) is 21.3. The third kappa shape index (κ3) is 7.06. The average molecular weight is 477 g/mol. The van der Waals surface area contributed by atoms with Gasteiger partial charge in [0.15, 0.2) is 0 Å². The van der Waals surface area contributed by atoms with Crippen molar-refractivity contribution in [1.82, 2.24) is 0 Å². The van der Waals surface area contributed by atoms with Gasteiger partial charge in [0.05, 0.1) is 12.1 Å². The predicted molar refractivity (Wildman–Crippen MR) is 151 cm³/mol. The minimum absolute atomic E-state index is 0.0874. The summed E-state index contributed by atoms with van der Waals surface area (Å²) < 4.78 is 0. The Labute approximate surface area is 212 Å². The van der Waals surface area contributed by atoms with Crippen LogP contribution in [0.25, 0.3) is 0 Å². The Balaban J connectivity index is 2.72. The Bertz CT molecular complexity index is 1050. The van der Waals surface area contributed by atoms with Gasteiger partial charge in [0.1, 0.15) is 0 Å². The molecule has 35 heavy (non-hydrogen) atoms. The largest absolute Gasteiger partial charge is 0.481 e. The molecule has 2 aromatic rings. The van der Waals surface area contributed by atoms with E-state index in [1.807, 2.05) is 13.8 Å². The number of para-hydroxylation sites is 2. The zero-order chi connectivity index (χ0) is 26.4. The highest BCUT2D eigenvalue weighted by molar-refractivity contribution is 6.04. The van der Waals surface area contributed by atoms with Gasteiger partial charge in [-0.2, -0.15) is 0 Å². The highest BCUT2D eigenvalue weighted by Gasteiger charge is 2.19. The van der Waals surface area contributed by atoms with E-state index in [1.165, 1.54) is 22.3 Å². The molecular weight excluding hydrogens is 432 g/mol. The van der Waals surface area contributed by atoms with Crippen molar-refractivity contribution in [3.63, 3.8) is 0 Å². The molecule has 0 saturated heterocycles. The van der Waals surface area contributed by atoms with Crippen LogP contribution in [0.5, 0.6) is 0 Å². The molecule has 0 aromatic heterocycles. The summed E-state index contributed by atoms with van der Waals surface area (Å²) in [5, 5.41) is 13.4. The van der Waals surface area contributed by atoms with Gasteiger partial charge in [-0.15, -0.1) is 0 Å². The van der Waals surface area contributed by atoms with Crippen LogP contribution in [0.4, 0.5) is 11.4 Å². The van der Waals surface area contributed by atoms with Crippen molar-refractivity contribution in [2.24, 2.45) is 4.99 Å². The number of benzene rings is 2. The fourth-order valence-corrected chi connectivity index (χ4v) is 4.52. The van der Waals surface area contributed by atoms with Gasteiger partial charge in [-0.25, -0.2) is 0 Å². The van der Waals surface area contributed by atoms with Gasteiger partial charge in [-0.1, -0.05) is 91.8 Å². The number of carbonyl (C=O) groups is 1. The van der Waals surface area contributed by atoms with Gasteiger partial charge in [-0.05, 0) is 59.8 Å². The van der Waals surface area contributed by atoms with Crippen molar-refractivity contribution in [3.8, 4) is 0 Å². The average Bonchev–Trinajstić information content (AvgIpc) is 2.76. The fraction of sp³-hybridized carbons (Fsp3) is 0.484. The van der Waals surface area contributed by atoms with Gasteiger partial charge in [0, 0.05) is 22.7 Å². The molecule has 0 spiro atoms. The molecule has 0 aliphatic rings. The van der Waals surface area contributed by atoms with Gasteiger partial charge in [0.2, 0.25) is 0 Å². The van der Waals surface area contributed by atoms with Crippen LogP contribution in [0.15, 0.2) is 52.7 Å². The maximum atomic E-state index is 11.9. The quantitative estimate of drug-likeness (QED) is 0.336. The first-order valence-corrected chi connectivity index (χ1v) is 12.8. The third-order valence-corrected chi connectivity index (χ3v) is 6.52. The third-order valence-electron chi connectivity index (χ3n) is 6.52. The molecule has 0 heterocycles. The molecule has 0 fully saturated rings. The van der Waals surface area contributed by atoms with Crippen molar-refractivity contribution in [2.45, 2.75) is 99.3 Å². The van der Waals surface area contributed by atoms with E-state index in [0.717, 1.165) is 28.4 Å². The second-order valence-corrected chi connectivity index (χ2v) is 10.7. The Hall–Kier alpha value is -2.88. The van der Waals surface area contributed by atoms with Crippen molar-refractivity contribution in [2.75, 3.05) is 5.32 Å². The molecule has 4 nitrogen and oxygen atoms in total. The van der Waals surface area contributed by atoms with E-state index < -0.39 is 5.97 Å². The van der Waals surface area contributed by atoms with E-state index in [-0.39, 0.29) is 6.42 Å². The lowest BCUT2D eigenvalue weighted by Gasteiger charge is -2.23. The van der Waals surface area contributed by atoms with Crippen LogP contribution >= 0.6 is 0 Å². The van der Waals surface area contributed by atoms with Gasteiger partial charge >= 0.3 is 5.97 Å². The molecule has 190 valence electrons. The Kier molecular flexibility index (Phi) is 9.88. The van der Waals surface area contributed by atoms with Gasteiger partial charge in [0.25, 0.3) is 0 Å². The zero-order valence-corrected chi connectivity index (χ0v) is 23.3. The molecule has 0 amide bonds. The van der Waals surface area contributed by atoms with Crippen LogP contribution in [0.1, 0.15) is 122 Å². The number of anilines is 1. The molecule has 0 atom stereocenters. The molecule has 2 rings (SSSR count). The van der Waals surface area contributed by atoms with Crippen molar-refractivity contribution in [3.05, 3.63) is 69.9 Å². The highest BCUT2D eigenvalue weighted by Crippen LogP contribution is 2.36.